The van der Waals surface area contributed by atoms with Gasteiger partial charge in [0.05, 0.1) is 5.56 Å². The largest absolute Gasteiger partial charge is 0.492 e. The molecule has 1 rings (SSSR count). The molecule has 0 bridgehead atoms. The SMILES string of the molecule is CN(C)CCOc1ccccc1C=O.CNC. The number of carbonyl (C=O) groups is 1. The fraction of sp³-hybridized carbons (Fsp3) is 0.462. The second-order valence-corrected chi connectivity index (χ2v) is 3.81. The van der Waals surface area contributed by atoms with E-state index in [2.05, 4.69) is 5.32 Å². The Kier molecular flexibility index (Phi) is 9.01. The third-order valence-electron chi connectivity index (χ3n) is 1.84. The first kappa shape index (κ1) is 15.6. The molecule has 1 aromatic carbocycles. The van der Waals surface area contributed by atoms with Gasteiger partial charge in [-0.1, -0.05) is 12.1 Å². The van der Waals surface area contributed by atoms with Gasteiger partial charge >= 0.3 is 0 Å². The molecule has 0 aliphatic carbocycles. The predicted octanol–water partition coefficient (Wildman–Crippen LogP) is 1.28. The number of hydrogen-bond acceptors (Lipinski definition) is 4. The zero-order chi connectivity index (χ0) is 13.1. The maximum atomic E-state index is 10.6. The highest BCUT2D eigenvalue weighted by molar-refractivity contribution is 5.79. The highest BCUT2D eigenvalue weighted by atomic mass is 16.5. The number of rotatable bonds is 5. The predicted molar refractivity (Wildman–Crippen MR) is 70.9 cm³/mol. The van der Waals surface area contributed by atoms with Crippen molar-refractivity contribution >= 4 is 6.29 Å². The number of likely N-dealkylation sites (N-methyl/N-ethyl adjacent to an activating group) is 1. The van der Waals surface area contributed by atoms with Crippen LogP contribution in [0.1, 0.15) is 10.4 Å². The van der Waals surface area contributed by atoms with E-state index in [-0.39, 0.29) is 0 Å². The maximum absolute atomic E-state index is 10.6. The third-order valence-corrected chi connectivity index (χ3v) is 1.84. The van der Waals surface area contributed by atoms with E-state index >= 15 is 0 Å². The molecule has 4 heteroatoms. The molecule has 0 radical (unpaired) electrons. The minimum atomic E-state index is 0.595. The molecule has 0 amide bonds. The topological polar surface area (TPSA) is 41.6 Å². The number of ether oxygens (including phenoxy) is 1. The average molecular weight is 238 g/mol. The van der Waals surface area contributed by atoms with Crippen molar-refractivity contribution < 1.29 is 9.53 Å². The van der Waals surface area contributed by atoms with Gasteiger partial charge in [0.1, 0.15) is 12.4 Å². The van der Waals surface area contributed by atoms with Gasteiger partial charge in [0.15, 0.2) is 6.29 Å². The van der Waals surface area contributed by atoms with E-state index in [0.717, 1.165) is 12.8 Å². The quantitative estimate of drug-likeness (QED) is 0.785. The molecular weight excluding hydrogens is 216 g/mol. The van der Waals surface area contributed by atoms with Gasteiger partial charge in [-0.3, -0.25) is 4.79 Å². The molecule has 17 heavy (non-hydrogen) atoms. The number of hydrogen-bond donors (Lipinski definition) is 1. The van der Waals surface area contributed by atoms with E-state index in [1.807, 2.05) is 45.2 Å². The molecule has 0 unspecified atom stereocenters. The van der Waals surface area contributed by atoms with Crippen molar-refractivity contribution in [1.29, 1.82) is 0 Å². The standard InChI is InChI=1S/C11H15NO2.C2H7N/c1-12(2)7-8-14-11-6-4-3-5-10(11)9-13;1-3-2/h3-6,9H,7-8H2,1-2H3;3H,1-2H3. The fourth-order valence-electron chi connectivity index (χ4n) is 1.05. The van der Waals surface area contributed by atoms with E-state index in [9.17, 15) is 4.79 Å². The molecule has 0 aliphatic heterocycles. The first-order valence-electron chi connectivity index (χ1n) is 5.56. The first-order valence-corrected chi connectivity index (χ1v) is 5.56. The van der Waals surface area contributed by atoms with E-state index in [4.69, 9.17) is 4.74 Å². The lowest BCUT2D eigenvalue weighted by atomic mass is 10.2. The monoisotopic (exact) mass is 238 g/mol. The van der Waals surface area contributed by atoms with E-state index in [1.165, 1.54) is 0 Å². The summed E-state index contributed by atoms with van der Waals surface area (Å²) in [4.78, 5) is 12.7. The van der Waals surface area contributed by atoms with Gasteiger partial charge in [-0.05, 0) is 40.3 Å². The number of benzene rings is 1. The highest BCUT2D eigenvalue weighted by Crippen LogP contribution is 2.15. The molecule has 4 nitrogen and oxygen atoms in total. The molecule has 0 aromatic heterocycles. The van der Waals surface area contributed by atoms with Crippen molar-refractivity contribution in [2.24, 2.45) is 0 Å². The summed E-state index contributed by atoms with van der Waals surface area (Å²) in [5.74, 6) is 0.657. The van der Waals surface area contributed by atoms with Crippen LogP contribution in [0.3, 0.4) is 0 Å². The molecule has 0 spiro atoms. The van der Waals surface area contributed by atoms with Crippen LogP contribution in [-0.4, -0.2) is 52.5 Å². The van der Waals surface area contributed by atoms with Gasteiger partial charge in [-0.25, -0.2) is 0 Å². The summed E-state index contributed by atoms with van der Waals surface area (Å²) in [5.41, 5.74) is 0.603. The average Bonchev–Trinajstić information content (AvgIpc) is 2.30. The van der Waals surface area contributed by atoms with Gasteiger partial charge in [0.25, 0.3) is 0 Å². The second kappa shape index (κ2) is 9.81. The van der Waals surface area contributed by atoms with E-state index < -0.39 is 0 Å². The lowest BCUT2D eigenvalue weighted by Crippen LogP contribution is -2.19. The highest BCUT2D eigenvalue weighted by Gasteiger charge is 2.00. The van der Waals surface area contributed by atoms with Crippen molar-refractivity contribution in [1.82, 2.24) is 10.2 Å². The Morgan fingerprint density at radius 3 is 2.41 bits per heavy atom. The van der Waals surface area contributed by atoms with Gasteiger partial charge in [0, 0.05) is 6.54 Å². The molecular formula is C13H22N2O2. The first-order chi connectivity index (χ1) is 8.15. The van der Waals surface area contributed by atoms with Crippen LogP contribution in [0.25, 0.3) is 0 Å². The Balaban J connectivity index is 0.000000770. The molecule has 1 aromatic rings. The van der Waals surface area contributed by atoms with E-state index in [1.54, 1.807) is 12.1 Å². The van der Waals surface area contributed by atoms with Crippen molar-refractivity contribution in [3.63, 3.8) is 0 Å². The van der Waals surface area contributed by atoms with E-state index in [0.29, 0.717) is 17.9 Å². The van der Waals surface area contributed by atoms with Crippen LogP contribution in [0.15, 0.2) is 24.3 Å². The van der Waals surface area contributed by atoms with Gasteiger partial charge in [0.2, 0.25) is 0 Å². The Hall–Kier alpha value is -1.39. The Morgan fingerprint density at radius 1 is 1.29 bits per heavy atom. The second-order valence-electron chi connectivity index (χ2n) is 3.81. The number of nitrogens with zero attached hydrogens (tertiary/aromatic N) is 1. The molecule has 0 saturated carbocycles. The molecule has 96 valence electrons. The number of nitrogens with one attached hydrogen (secondary N) is 1. The van der Waals surface area contributed by atoms with Crippen molar-refractivity contribution in [3.05, 3.63) is 29.8 Å². The van der Waals surface area contributed by atoms with Crippen LogP contribution in [0.5, 0.6) is 5.75 Å². The Morgan fingerprint density at radius 2 is 1.88 bits per heavy atom. The minimum absolute atomic E-state index is 0.595. The molecule has 0 atom stereocenters. The zero-order valence-corrected chi connectivity index (χ0v) is 11.1. The lowest BCUT2D eigenvalue weighted by molar-refractivity contribution is 0.111. The van der Waals surface area contributed by atoms with Gasteiger partial charge in [-0.2, -0.15) is 0 Å². The van der Waals surface area contributed by atoms with Crippen LogP contribution >= 0.6 is 0 Å². The van der Waals surface area contributed by atoms with Crippen LogP contribution in [0.2, 0.25) is 0 Å². The third kappa shape index (κ3) is 7.49. The fourth-order valence-corrected chi connectivity index (χ4v) is 1.05. The van der Waals surface area contributed by atoms with Crippen LogP contribution < -0.4 is 10.1 Å². The van der Waals surface area contributed by atoms with Crippen LogP contribution in [0.4, 0.5) is 0 Å². The summed E-state index contributed by atoms with van der Waals surface area (Å²) in [6.07, 6.45) is 0.811. The normalized spacial score (nSPS) is 9.47. The molecule has 1 N–H and O–H groups in total. The number of para-hydroxylation sites is 1. The van der Waals surface area contributed by atoms with Crippen molar-refractivity contribution in [2.75, 3.05) is 41.3 Å². The summed E-state index contributed by atoms with van der Waals surface area (Å²) in [7, 11) is 7.71. The Bertz CT molecular complexity index is 314. The summed E-state index contributed by atoms with van der Waals surface area (Å²) in [6, 6.07) is 7.23. The van der Waals surface area contributed by atoms with Crippen molar-refractivity contribution in [3.8, 4) is 5.75 Å². The molecule has 0 heterocycles. The van der Waals surface area contributed by atoms with Gasteiger partial charge in [-0.15, -0.1) is 0 Å². The van der Waals surface area contributed by atoms with Crippen LogP contribution in [0, 0.1) is 0 Å². The zero-order valence-electron chi connectivity index (χ0n) is 11.1. The van der Waals surface area contributed by atoms with Crippen molar-refractivity contribution in [2.45, 2.75) is 0 Å². The lowest BCUT2D eigenvalue weighted by Gasteiger charge is -2.11. The molecule has 0 saturated heterocycles. The summed E-state index contributed by atoms with van der Waals surface area (Å²) < 4.78 is 5.47. The summed E-state index contributed by atoms with van der Waals surface area (Å²) in [5, 5.41) is 2.75. The molecule has 0 fully saturated rings. The minimum Gasteiger partial charge on any atom is -0.492 e. The van der Waals surface area contributed by atoms with Crippen LogP contribution in [-0.2, 0) is 0 Å². The number of aldehydes is 1. The summed E-state index contributed by atoms with van der Waals surface area (Å²) >= 11 is 0. The molecule has 0 aliphatic rings. The smallest absolute Gasteiger partial charge is 0.153 e. The Labute approximate surface area is 104 Å². The maximum Gasteiger partial charge on any atom is 0.153 e. The summed E-state index contributed by atoms with van der Waals surface area (Å²) in [6.45, 7) is 1.44. The van der Waals surface area contributed by atoms with Gasteiger partial charge < -0.3 is 15.0 Å². The number of carbonyl (C=O) groups excluding carboxylic acids is 1.